The molecule has 0 heterocycles. The Morgan fingerprint density at radius 1 is 1.44 bits per heavy atom. The highest BCUT2D eigenvalue weighted by molar-refractivity contribution is 5.69. The van der Waals surface area contributed by atoms with Crippen molar-refractivity contribution < 1.29 is 9.90 Å². The highest BCUT2D eigenvalue weighted by atomic mass is 16.4. The van der Waals surface area contributed by atoms with Gasteiger partial charge in [-0.3, -0.25) is 9.69 Å². The molecule has 1 aliphatic rings. The predicted molar refractivity (Wildman–Crippen MR) is 65.5 cm³/mol. The number of nitrogens with zero attached hydrogens (tertiary/aromatic N) is 1. The zero-order valence-corrected chi connectivity index (χ0v) is 10.8. The summed E-state index contributed by atoms with van der Waals surface area (Å²) in [4.78, 5) is 13.1. The van der Waals surface area contributed by atoms with Crippen molar-refractivity contribution in [3.8, 4) is 0 Å². The van der Waals surface area contributed by atoms with E-state index >= 15 is 0 Å². The van der Waals surface area contributed by atoms with E-state index < -0.39 is 5.97 Å². The average Bonchev–Trinajstić information content (AvgIpc) is 2.26. The molecule has 3 heteroatoms. The molecule has 0 saturated heterocycles. The van der Waals surface area contributed by atoms with Gasteiger partial charge in [-0.25, -0.2) is 0 Å². The molecule has 0 radical (unpaired) electrons. The molecule has 0 amide bonds. The number of carboxylic acids is 1. The summed E-state index contributed by atoms with van der Waals surface area (Å²) >= 11 is 0. The van der Waals surface area contributed by atoms with Gasteiger partial charge in [0, 0.05) is 12.1 Å². The van der Waals surface area contributed by atoms with E-state index in [1.807, 2.05) is 0 Å². The van der Waals surface area contributed by atoms with Crippen LogP contribution >= 0.6 is 0 Å². The molecule has 3 nitrogen and oxygen atoms in total. The van der Waals surface area contributed by atoms with Gasteiger partial charge in [0.05, 0.1) is 6.54 Å². The summed E-state index contributed by atoms with van der Waals surface area (Å²) in [7, 11) is 0. The van der Waals surface area contributed by atoms with Crippen molar-refractivity contribution in [2.24, 2.45) is 5.92 Å². The van der Waals surface area contributed by atoms with Gasteiger partial charge in [0.15, 0.2) is 0 Å². The highest BCUT2D eigenvalue weighted by Gasteiger charge is 2.30. The SMILES string of the molecule is CCC(C)N(CC(=O)O)C1CCCCC1C. The molecule has 0 aromatic heterocycles. The van der Waals surface area contributed by atoms with Crippen molar-refractivity contribution in [2.45, 2.75) is 65.0 Å². The summed E-state index contributed by atoms with van der Waals surface area (Å²) in [6.45, 7) is 6.74. The first-order chi connectivity index (χ1) is 7.56. The van der Waals surface area contributed by atoms with Crippen molar-refractivity contribution in [2.75, 3.05) is 6.54 Å². The Morgan fingerprint density at radius 3 is 2.56 bits per heavy atom. The van der Waals surface area contributed by atoms with Gasteiger partial charge in [0.1, 0.15) is 0 Å². The molecule has 1 N–H and O–H groups in total. The van der Waals surface area contributed by atoms with Crippen LogP contribution in [0.2, 0.25) is 0 Å². The van der Waals surface area contributed by atoms with E-state index in [0.29, 0.717) is 18.0 Å². The van der Waals surface area contributed by atoms with Crippen molar-refractivity contribution in [1.82, 2.24) is 4.90 Å². The highest BCUT2D eigenvalue weighted by Crippen LogP contribution is 2.29. The van der Waals surface area contributed by atoms with Gasteiger partial charge in [-0.15, -0.1) is 0 Å². The van der Waals surface area contributed by atoms with Crippen molar-refractivity contribution in [1.29, 1.82) is 0 Å². The van der Waals surface area contributed by atoms with Crippen LogP contribution < -0.4 is 0 Å². The fraction of sp³-hybridized carbons (Fsp3) is 0.923. The molecule has 0 aliphatic heterocycles. The first-order valence-electron chi connectivity index (χ1n) is 6.53. The second-order valence-electron chi connectivity index (χ2n) is 5.15. The van der Waals surface area contributed by atoms with Crippen molar-refractivity contribution in [3.05, 3.63) is 0 Å². The summed E-state index contributed by atoms with van der Waals surface area (Å²) < 4.78 is 0. The lowest BCUT2D eigenvalue weighted by atomic mass is 9.84. The summed E-state index contributed by atoms with van der Waals surface area (Å²) in [5, 5.41) is 9.00. The number of hydrogen-bond donors (Lipinski definition) is 1. The third kappa shape index (κ3) is 3.48. The van der Waals surface area contributed by atoms with E-state index in [1.165, 1.54) is 25.7 Å². The van der Waals surface area contributed by atoms with Crippen LogP contribution in [-0.4, -0.2) is 34.6 Å². The van der Waals surface area contributed by atoms with E-state index in [1.54, 1.807) is 0 Å². The first-order valence-corrected chi connectivity index (χ1v) is 6.53. The predicted octanol–water partition coefficient (Wildman–Crippen LogP) is 2.75. The van der Waals surface area contributed by atoms with Crippen LogP contribution in [0.5, 0.6) is 0 Å². The molecule has 3 atom stereocenters. The number of rotatable bonds is 5. The number of aliphatic carboxylic acids is 1. The largest absolute Gasteiger partial charge is 0.480 e. The average molecular weight is 227 g/mol. The van der Waals surface area contributed by atoms with Gasteiger partial charge in [-0.1, -0.05) is 26.7 Å². The minimum Gasteiger partial charge on any atom is -0.480 e. The van der Waals surface area contributed by atoms with Crippen LogP contribution in [-0.2, 0) is 4.79 Å². The molecule has 0 bridgehead atoms. The monoisotopic (exact) mass is 227 g/mol. The molecule has 0 spiro atoms. The van der Waals surface area contributed by atoms with Gasteiger partial charge in [-0.2, -0.15) is 0 Å². The van der Waals surface area contributed by atoms with Gasteiger partial charge in [0.2, 0.25) is 0 Å². The molecule has 94 valence electrons. The van der Waals surface area contributed by atoms with Crippen LogP contribution in [0.4, 0.5) is 0 Å². The fourth-order valence-corrected chi connectivity index (χ4v) is 2.78. The van der Waals surface area contributed by atoms with E-state index in [-0.39, 0.29) is 6.54 Å². The van der Waals surface area contributed by atoms with E-state index in [9.17, 15) is 4.79 Å². The quantitative estimate of drug-likeness (QED) is 0.785. The van der Waals surface area contributed by atoms with E-state index in [4.69, 9.17) is 5.11 Å². The Morgan fingerprint density at radius 2 is 2.06 bits per heavy atom. The van der Waals surface area contributed by atoms with Gasteiger partial charge in [0.25, 0.3) is 0 Å². The van der Waals surface area contributed by atoms with Crippen LogP contribution in [0.25, 0.3) is 0 Å². The molecule has 0 aromatic carbocycles. The summed E-state index contributed by atoms with van der Waals surface area (Å²) in [5.41, 5.74) is 0. The molecule has 0 aromatic rings. The summed E-state index contributed by atoms with van der Waals surface area (Å²) in [6.07, 6.45) is 5.99. The fourth-order valence-electron chi connectivity index (χ4n) is 2.78. The molecule has 1 rings (SSSR count). The minimum atomic E-state index is -0.696. The number of carboxylic acid groups (broad SMARTS) is 1. The zero-order chi connectivity index (χ0) is 12.1. The number of hydrogen-bond acceptors (Lipinski definition) is 2. The standard InChI is InChI=1S/C13H25NO2/c1-4-11(3)14(9-13(15)16)12-8-6-5-7-10(12)2/h10-12H,4-9H2,1-3H3,(H,15,16). The van der Waals surface area contributed by atoms with Crippen LogP contribution in [0.1, 0.15) is 52.9 Å². The van der Waals surface area contributed by atoms with Crippen molar-refractivity contribution in [3.63, 3.8) is 0 Å². The van der Waals surface area contributed by atoms with Crippen molar-refractivity contribution >= 4 is 5.97 Å². The molecular formula is C13H25NO2. The smallest absolute Gasteiger partial charge is 0.317 e. The lowest BCUT2D eigenvalue weighted by Crippen LogP contribution is -2.48. The topological polar surface area (TPSA) is 40.5 Å². The molecular weight excluding hydrogens is 202 g/mol. The maximum Gasteiger partial charge on any atom is 0.317 e. The Balaban J connectivity index is 2.69. The van der Waals surface area contributed by atoms with E-state index in [2.05, 4.69) is 25.7 Å². The summed E-state index contributed by atoms with van der Waals surface area (Å²) in [5.74, 6) is -0.0554. The van der Waals surface area contributed by atoms with Gasteiger partial charge < -0.3 is 5.11 Å². The second-order valence-corrected chi connectivity index (χ2v) is 5.15. The third-order valence-electron chi connectivity index (χ3n) is 3.97. The Bertz CT molecular complexity index is 230. The second kappa shape index (κ2) is 6.24. The molecule has 16 heavy (non-hydrogen) atoms. The lowest BCUT2D eigenvalue weighted by Gasteiger charge is -2.41. The lowest BCUT2D eigenvalue weighted by molar-refractivity contribution is -0.140. The normalized spacial score (nSPS) is 28.0. The maximum absolute atomic E-state index is 10.9. The van der Waals surface area contributed by atoms with Crippen LogP contribution in [0.15, 0.2) is 0 Å². The Labute approximate surface area is 98.8 Å². The summed E-state index contributed by atoms with van der Waals surface area (Å²) in [6, 6.07) is 0.849. The van der Waals surface area contributed by atoms with E-state index in [0.717, 1.165) is 6.42 Å². The molecule has 3 unspecified atom stereocenters. The van der Waals surface area contributed by atoms with Gasteiger partial charge in [-0.05, 0) is 32.1 Å². The zero-order valence-electron chi connectivity index (χ0n) is 10.8. The van der Waals surface area contributed by atoms with Crippen LogP contribution in [0, 0.1) is 5.92 Å². The number of carbonyl (C=O) groups is 1. The third-order valence-corrected chi connectivity index (χ3v) is 3.97. The molecule has 1 aliphatic carbocycles. The van der Waals surface area contributed by atoms with Gasteiger partial charge >= 0.3 is 5.97 Å². The minimum absolute atomic E-state index is 0.198. The van der Waals surface area contributed by atoms with Crippen LogP contribution in [0.3, 0.4) is 0 Å². The first kappa shape index (κ1) is 13.5. The molecule has 1 saturated carbocycles. The maximum atomic E-state index is 10.9. The Hall–Kier alpha value is -0.570. The molecule has 1 fully saturated rings. The Kier molecular flexibility index (Phi) is 5.26.